The lowest BCUT2D eigenvalue weighted by Gasteiger charge is -2.15. The Morgan fingerprint density at radius 3 is 2.17 bits per heavy atom. The molecular weight excluding hydrogens is 302 g/mol. The van der Waals surface area contributed by atoms with Gasteiger partial charge in [0.2, 0.25) is 0 Å². The maximum absolute atomic E-state index is 12.4. The Morgan fingerprint density at radius 2 is 1.58 bits per heavy atom. The predicted octanol–water partition coefficient (Wildman–Crippen LogP) is 4.45. The van der Waals surface area contributed by atoms with Crippen LogP contribution in [0.2, 0.25) is 0 Å². The van der Waals surface area contributed by atoms with Gasteiger partial charge in [-0.3, -0.25) is 4.90 Å². The summed E-state index contributed by atoms with van der Waals surface area (Å²) in [5, 5.41) is 2.84. The van der Waals surface area contributed by atoms with E-state index in [9.17, 15) is 9.70 Å². The van der Waals surface area contributed by atoms with E-state index in [0.29, 0.717) is 5.69 Å². The number of hydrogen-bond donors (Lipinski definition) is 1. The van der Waals surface area contributed by atoms with Gasteiger partial charge in [0.15, 0.2) is 0 Å². The Kier molecular flexibility index (Phi) is 5.34. The van der Waals surface area contributed by atoms with Gasteiger partial charge in [-0.05, 0) is 45.4 Å². The average molecular weight is 326 g/mol. The zero-order valence-corrected chi connectivity index (χ0v) is 14.9. The van der Waals surface area contributed by atoms with Gasteiger partial charge < -0.3 is 5.32 Å². The lowest BCUT2D eigenvalue weighted by atomic mass is 10.1. The summed E-state index contributed by atoms with van der Waals surface area (Å²) in [6, 6.07) is 11.1. The molecule has 0 bridgehead atoms. The predicted molar refractivity (Wildman–Crippen MR) is 96.8 cm³/mol. The number of anilines is 1. The third-order valence-electron chi connectivity index (χ3n) is 3.93. The van der Waals surface area contributed by atoms with Crippen LogP contribution in [0.3, 0.4) is 0 Å². The summed E-state index contributed by atoms with van der Waals surface area (Å²) in [5.41, 5.74) is 5.46. The normalized spacial score (nSPS) is 10.4. The number of benzene rings is 2. The largest absolute Gasteiger partial charge is 0.326 e. The van der Waals surface area contributed by atoms with Gasteiger partial charge in [0.1, 0.15) is 0 Å². The van der Waals surface area contributed by atoms with Crippen molar-refractivity contribution in [2.75, 3.05) is 19.0 Å². The van der Waals surface area contributed by atoms with Gasteiger partial charge in [-0.15, -0.1) is 0 Å². The van der Waals surface area contributed by atoms with E-state index in [1.54, 1.807) is 13.1 Å². The SMILES string of the molecule is Cc1ccc(NC(=O)N(C)C[N+](=O)c2ccc(C)cc2C)c(C)c1. The highest BCUT2D eigenvalue weighted by atomic mass is 16.3. The van der Waals surface area contributed by atoms with Crippen LogP contribution in [0.25, 0.3) is 0 Å². The fourth-order valence-electron chi connectivity index (χ4n) is 2.58. The fraction of sp³-hybridized carbons (Fsp3) is 0.316. The molecule has 2 rings (SSSR count). The van der Waals surface area contributed by atoms with E-state index in [1.165, 1.54) is 4.90 Å². The molecule has 0 spiro atoms. The maximum atomic E-state index is 12.4. The molecule has 0 saturated carbocycles. The number of nitrogens with one attached hydrogen (secondary N) is 1. The van der Waals surface area contributed by atoms with Gasteiger partial charge >= 0.3 is 6.03 Å². The summed E-state index contributed by atoms with van der Waals surface area (Å²) in [7, 11) is 1.60. The molecule has 5 nitrogen and oxygen atoms in total. The maximum Gasteiger partial charge on any atom is 0.326 e. The van der Waals surface area contributed by atoms with Crippen molar-refractivity contribution in [3.8, 4) is 0 Å². The smallest absolute Gasteiger partial charge is 0.307 e. The molecule has 2 amide bonds. The summed E-state index contributed by atoms with van der Waals surface area (Å²) in [5.74, 6) is 0. The second kappa shape index (κ2) is 7.25. The first kappa shape index (κ1) is 17.7. The van der Waals surface area contributed by atoms with Crippen LogP contribution in [0.1, 0.15) is 22.3 Å². The Morgan fingerprint density at radius 1 is 1.00 bits per heavy atom. The van der Waals surface area contributed by atoms with Crippen LogP contribution in [0, 0.1) is 32.6 Å². The van der Waals surface area contributed by atoms with E-state index < -0.39 is 0 Å². The van der Waals surface area contributed by atoms with Crippen LogP contribution in [-0.4, -0.2) is 29.4 Å². The van der Waals surface area contributed by atoms with Crippen molar-refractivity contribution in [1.82, 2.24) is 4.90 Å². The topological polar surface area (TPSA) is 52.4 Å². The highest BCUT2D eigenvalue weighted by molar-refractivity contribution is 5.89. The molecule has 0 radical (unpaired) electrons. The zero-order chi connectivity index (χ0) is 17.9. The van der Waals surface area contributed by atoms with Crippen molar-refractivity contribution >= 4 is 17.4 Å². The third-order valence-corrected chi connectivity index (χ3v) is 3.93. The van der Waals surface area contributed by atoms with Gasteiger partial charge in [0, 0.05) is 29.3 Å². The molecule has 24 heavy (non-hydrogen) atoms. The monoisotopic (exact) mass is 326 g/mol. The minimum Gasteiger partial charge on any atom is -0.307 e. The summed E-state index contributed by atoms with van der Waals surface area (Å²) >= 11 is 0. The average Bonchev–Trinajstić information content (AvgIpc) is 2.49. The number of hydrogen-bond acceptors (Lipinski definition) is 2. The first-order valence-corrected chi connectivity index (χ1v) is 7.89. The molecule has 0 atom stereocenters. The summed E-state index contributed by atoms with van der Waals surface area (Å²) in [4.78, 5) is 26.0. The molecule has 0 aliphatic heterocycles. The quantitative estimate of drug-likeness (QED) is 0.666. The van der Waals surface area contributed by atoms with Crippen molar-refractivity contribution < 1.29 is 9.55 Å². The van der Waals surface area contributed by atoms with Crippen molar-refractivity contribution in [1.29, 1.82) is 0 Å². The number of aryl methyl sites for hydroxylation is 4. The second-order valence-corrected chi connectivity index (χ2v) is 6.26. The van der Waals surface area contributed by atoms with E-state index in [2.05, 4.69) is 5.32 Å². The minimum absolute atomic E-state index is 0.0410. The molecule has 5 heteroatoms. The standard InChI is InChI=1S/C19H23N3O2/c1-13-6-8-17(15(3)10-13)20-19(23)21(5)12-22(24)18-9-7-14(2)11-16(18)4/h6-11H,12H2,1-5H3/p+1. The third kappa shape index (κ3) is 4.19. The van der Waals surface area contributed by atoms with Crippen LogP contribution in [0.4, 0.5) is 16.2 Å². The van der Waals surface area contributed by atoms with Crippen molar-refractivity contribution in [2.45, 2.75) is 27.7 Å². The molecular formula is C19H24N3O2+. The van der Waals surface area contributed by atoms with Crippen LogP contribution < -0.4 is 5.32 Å². The highest BCUT2D eigenvalue weighted by Crippen LogP contribution is 2.20. The van der Waals surface area contributed by atoms with Crippen molar-refractivity contribution in [2.24, 2.45) is 0 Å². The van der Waals surface area contributed by atoms with Crippen molar-refractivity contribution in [3.05, 3.63) is 63.6 Å². The molecule has 0 heterocycles. The van der Waals surface area contributed by atoms with Gasteiger partial charge in [-0.1, -0.05) is 29.3 Å². The highest BCUT2D eigenvalue weighted by Gasteiger charge is 2.22. The molecule has 0 aliphatic carbocycles. The Hall–Kier alpha value is -2.69. The molecule has 0 aromatic heterocycles. The van der Waals surface area contributed by atoms with E-state index in [0.717, 1.165) is 32.7 Å². The Bertz CT molecular complexity index is 784. The molecule has 0 aliphatic rings. The summed E-state index contributed by atoms with van der Waals surface area (Å²) < 4.78 is 0.830. The van der Waals surface area contributed by atoms with Crippen LogP contribution in [-0.2, 0) is 0 Å². The van der Waals surface area contributed by atoms with Gasteiger partial charge in [0.25, 0.3) is 12.4 Å². The number of nitroso groups, excluding NO2 is 1. The Labute approximate surface area is 142 Å². The number of carbonyl (C=O) groups is 1. The van der Waals surface area contributed by atoms with Crippen LogP contribution >= 0.6 is 0 Å². The second-order valence-electron chi connectivity index (χ2n) is 6.26. The van der Waals surface area contributed by atoms with Crippen LogP contribution in [0.5, 0.6) is 0 Å². The van der Waals surface area contributed by atoms with E-state index in [1.807, 2.05) is 58.0 Å². The molecule has 1 N–H and O–H groups in total. The molecule has 2 aromatic carbocycles. The Balaban J connectivity index is 2.04. The lowest BCUT2D eigenvalue weighted by Crippen LogP contribution is -2.35. The van der Waals surface area contributed by atoms with E-state index >= 15 is 0 Å². The first-order chi connectivity index (χ1) is 11.3. The molecule has 0 fully saturated rings. The van der Waals surface area contributed by atoms with Gasteiger partial charge in [-0.25, -0.2) is 4.79 Å². The fourth-order valence-corrected chi connectivity index (χ4v) is 2.58. The van der Waals surface area contributed by atoms with Crippen molar-refractivity contribution in [3.63, 3.8) is 0 Å². The summed E-state index contributed by atoms with van der Waals surface area (Å²) in [6.45, 7) is 7.78. The van der Waals surface area contributed by atoms with Gasteiger partial charge in [-0.2, -0.15) is 0 Å². The molecule has 2 aromatic rings. The minimum atomic E-state index is -0.312. The lowest BCUT2D eigenvalue weighted by molar-refractivity contribution is -0.482. The van der Waals surface area contributed by atoms with E-state index in [-0.39, 0.29) is 12.7 Å². The number of urea groups is 1. The summed E-state index contributed by atoms with van der Waals surface area (Å²) in [6.07, 6.45) is 0. The van der Waals surface area contributed by atoms with Crippen LogP contribution in [0.15, 0.2) is 36.4 Å². The number of nitrogens with zero attached hydrogens (tertiary/aromatic N) is 2. The molecule has 0 unspecified atom stereocenters. The zero-order valence-electron chi connectivity index (χ0n) is 14.9. The number of rotatable bonds is 4. The van der Waals surface area contributed by atoms with Gasteiger partial charge in [0.05, 0.1) is 4.76 Å². The number of amides is 2. The molecule has 126 valence electrons. The first-order valence-electron chi connectivity index (χ1n) is 7.89. The van der Waals surface area contributed by atoms with E-state index in [4.69, 9.17) is 0 Å². The molecule has 0 saturated heterocycles. The number of carbonyl (C=O) groups excluding carboxylic acids is 1.